The minimum Gasteiger partial charge on any atom is -0.293 e. The van der Waals surface area contributed by atoms with Crippen LogP contribution in [-0.4, -0.2) is 35.0 Å². The highest BCUT2D eigenvalue weighted by atomic mass is 35.5. The van der Waals surface area contributed by atoms with Crippen molar-refractivity contribution in [2.24, 2.45) is 0 Å². The number of halogens is 1. The summed E-state index contributed by atoms with van der Waals surface area (Å²) in [5.41, 5.74) is 0.101. The number of hydrogen-bond acceptors (Lipinski definition) is 7. The van der Waals surface area contributed by atoms with Crippen LogP contribution in [0.25, 0.3) is 15.7 Å². The molecule has 1 N–H and O–H groups in total. The number of fused-ring (bicyclic) bond motifs is 3. The zero-order valence-electron chi connectivity index (χ0n) is 14.4. The number of rotatable bonds is 4. The molecule has 9 nitrogen and oxygen atoms in total. The van der Waals surface area contributed by atoms with Gasteiger partial charge in [-0.1, -0.05) is 25.4 Å². The Hall–Kier alpha value is -2.85. The molecule has 0 aliphatic carbocycles. The van der Waals surface area contributed by atoms with Crippen molar-refractivity contribution in [3.05, 3.63) is 45.3 Å². The lowest BCUT2D eigenvalue weighted by Gasteiger charge is -2.12. The van der Waals surface area contributed by atoms with Crippen molar-refractivity contribution in [3.8, 4) is 0 Å². The number of carbonyl (C=O) groups excluding carboxylic acids is 1. The Morgan fingerprint density at radius 3 is 2.74 bits per heavy atom. The van der Waals surface area contributed by atoms with Crippen LogP contribution in [-0.2, 0) is 11.3 Å². The molecule has 0 radical (unpaired) electrons. The number of aromatic nitrogens is 6. The van der Waals surface area contributed by atoms with Gasteiger partial charge in [-0.25, -0.2) is 19.6 Å². The summed E-state index contributed by atoms with van der Waals surface area (Å²) < 4.78 is 3.62. The van der Waals surface area contributed by atoms with Crippen molar-refractivity contribution in [3.63, 3.8) is 0 Å². The van der Waals surface area contributed by atoms with Crippen LogP contribution >= 0.6 is 22.9 Å². The van der Waals surface area contributed by atoms with Crippen LogP contribution in [0.3, 0.4) is 0 Å². The third-order valence-electron chi connectivity index (χ3n) is 3.91. The van der Waals surface area contributed by atoms with Gasteiger partial charge in [0.25, 0.3) is 5.56 Å². The van der Waals surface area contributed by atoms with Crippen molar-refractivity contribution >= 4 is 50.5 Å². The molecular formula is C16H14ClN7O2S. The molecule has 0 aliphatic rings. The van der Waals surface area contributed by atoms with E-state index >= 15 is 0 Å². The monoisotopic (exact) mass is 403 g/mol. The fourth-order valence-electron chi connectivity index (χ4n) is 2.78. The standard InChI is InChI=1S/C16H14ClN7O2S/c1-8(2)13-22-23(5-12(25)21-16-19-6-18-7-20-16)14(26)10-3-9-4-11(17)27-15(9)24(10)13/h3-4,6-8H,5H2,1-2H3,(H,18,19,20,21,25). The molecule has 0 saturated heterocycles. The largest absolute Gasteiger partial charge is 0.293 e. The van der Waals surface area contributed by atoms with E-state index < -0.39 is 5.91 Å². The van der Waals surface area contributed by atoms with E-state index in [1.807, 2.05) is 24.3 Å². The number of anilines is 1. The van der Waals surface area contributed by atoms with Gasteiger partial charge in [0.15, 0.2) is 0 Å². The number of hydrogen-bond donors (Lipinski definition) is 1. The molecule has 11 heteroatoms. The predicted molar refractivity (Wildman–Crippen MR) is 102 cm³/mol. The summed E-state index contributed by atoms with van der Waals surface area (Å²) in [6.45, 7) is 3.70. The molecule has 4 aromatic rings. The third-order valence-corrected chi connectivity index (χ3v) is 5.17. The quantitative estimate of drug-likeness (QED) is 0.560. The highest BCUT2D eigenvalue weighted by molar-refractivity contribution is 7.22. The zero-order chi connectivity index (χ0) is 19.1. The Morgan fingerprint density at radius 1 is 1.30 bits per heavy atom. The summed E-state index contributed by atoms with van der Waals surface area (Å²) in [7, 11) is 0. The average Bonchev–Trinajstić information content (AvgIpc) is 3.14. The van der Waals surface area contributed by atoms with Gasteiger partial charge >= 0.3 is 0 Å². The van der Waals surface area contributed by atoms with Crippen LogP contribution in [0.5, 0.6) is 0 Å². The first-order chi connectivity index (χ1) is 12.9. The molecule has 0 saturated carbocycles. The maximum atomic E-state index is 12.9. The van der Waals surface area contributed by atoms with Gasteiger partial charge < -0.3 is 0 Å². The smallest absolute Gasteiger partial charge is 0.291 e. The lowest BCUT2D eigenvalue weighted by Crippen LogP contribution is -2.32. The summed E-state index contributed by atoms with van der Waals surface area (Å²) in [6.07, 6.45) is 2.54. The lowest BCUT2D eigenvalue weighted by atomic mass is 10.2. The van der Waals surface area contributed by atoms with E-state index in [0.717, 1.165) is 14.9 Å². The molecular weight excluding hydrogens is 390 g/mol. The van der Waals surface area contributed by atoms with Crippen molar-refractivity contribution < 1.29 is 4.79 Å². The first-order valence-electron chi connectivity index (χ1n) is 8.07. The highest BCUT2D eigenvalue weighted by Crippen LogP contribution is 2.32. The van der Waals surface area contributed by atoms with Crippen LogP contribution in [0, 0.1) is 0 Å². The van der Waals surface area contributed by atoms with E-state index in [4.69, 9.17) is 11.6 Å². The Labute approximate surface area is 161 Å². The van der Waals surface area contributed by atoms with E-state index in [1.165, 1.54) is 24.0 Å². The van der Waals surface area contributed by atoms with Gasteiger partial charge in [0.2, 0.25) is 11.9 Å². The topological polar surface area (TPSA) is 107 Å². The number of carbonyl (C=O) groups is 1. The fraction of sp³-hybridized carbons (Fsp3) is 0.250. The molecule has 0 aromatic carbocycles. The van der Waals surface area contributed by atoms with Gasteiger partial charge in [0.1, 0.15) is 35.4 Å². The number of thiophene rings is 1. The number of nitrogens with zero attached hydrogens (tertiary/aromatic N) is 6. The maximum Gasteiger partial charge on any atom is 0.291 e. The summed E-state index contributed by atoms with van der Waals surface area (Å²) >= 11 is 7.49. The SMILES string of the molecule is CC(C)c1nn(CC(=O)Nc2ncncn2)c(=O)c2cc3cc(Cl)sc3n12. The first kappa shape index (κ1) is 17.6. The predicted octanol–water partition coefficient (Wildman–Crippen LogP) is 2.31. The van der Waals surface area contributed by atoms with Crippen LogP contribution in [0.15, 0.2) is 29.6 Å². The molecule has 4 heterocycles. The normalized spacial score (nSPS) is 11.6. The summed E-state index contributed by atoms with van der Waals surface area (Å²) in [6, 6.07) is 3.59. The number of nitrogens with one attached hydrogen (secondary N) is 1. The molecule has 0 fully saturated rings. The Bertz CT molecular complexity index is 1210. The van der Waals surface area contributed by atoms with E-state index in [2.05, 4.69) is 25.4 Å². The molecule has 0 spiro atoms. The average molecular weight is 404 g/mol. The van der Waals surface area contributed by atoms with Crippen LogP contribution in [0.2, 0.25) is 4.34 Å². The molecule has 1 amide bonds. The van der Waals surface area contributed by atoms with Crippen molar-refractivity contribution in [2.75, 3.05) is 5.32 Å². The van der Waals surface area contributed by atoms with Crippen LogP contribution < -0.4 is 10.9 Å². The third kappa shape index (κ3) is 3.17. The second kappa shape index (κ2) is 6.71. The van der Waals surface area contributed by atoms with Crippen LogP contribution in [0.4, 0.5) is 5.95 Å². The van der Waals surface area contributed by atoms with E-state index in [9.17, 15) is 9.59 Å². The van der Waals surface area contributed by atoms with Crippen molar-refractivity contribution in [1.82, 2.24) is 29.1 Å². The Balaban J connectivity index is 1.78. The summed E-state index contributed by atoms with van der Waals surface area (Å²) in [4.78, 5) is 37.4. The Morgan fingerprint density at radius 2 is 2.04 bits per heavy atom. The molecule has 138 valence electrons. The van der Waals surface area contributed by atoms with Gasteiger partial charge in [-0.2, -0.15) is 5.10 Å². The van der Waals surface area contributed by atoms with Crippen LogP contribution in [0.1, 0.15) is 25.6 Å². The van der Waals surface area contributed by atoms with E-state index in [0.29, 0.717) is 15.7 Å². The molecule has 4 aromatic heterocycles. The van der Waals surface area contributed by atoms with Gasteiger partial charge in [-0.3, -0.25) is 19.3 Å². The van der Waals surface area contributed by atoms with Crippen molar-refractivity contribution in [1.29, 1.82) is 0 Å². The highest BCUT2D eigenvalue weighted by Gasteiger charge is 2.19. The van der Waals surface area contributed by atoms with E-state index in [1.54, 1.807) is 6.07 Å². The minimum atomic E-state index is -0.453. The molecule has 4 rings (SSSR count). The lowest BCUT2D eigenvalue weighted by molar-refractivity contribution is -0.117. The Kier molecular flexibility index (Phi) is 4.36. The fourth-order valence-corrected chi connectivity index (χ4v) is 4.01. The number of amides is 1. The molecule has 0 unspecified atom stereocenters. The summed E-state index contributed by atoms with van der Waals surface area (Å²) in [5.74, 6) is 0.366. The molecule has 0 aliphatic heterocycles. The summed E-state index contributed by atoms with van der Waals surface area (Å²) in [5, 5.41) is 7.82. The second-order valence-corrected chi connectivity index (χ2v) is 7.82. The van der Waals surface area contributed by atoms with Gasteiger partial charge in [0, 0.05) is 11.3 Å². The first-order valence-corrected chi connectivity index (χ1v) is 9.27. The van der Waals surface area contributed by atoms with Crippen molar-refractivity contribution in [2.45, 2.75) is 26.3 Å². The molecule has 0 bridgehead atoms. The maximum absolute atomic E-state index is 12.9. The molecule has 27 heavy (non-hydrogen) atoms. The zero-order valence-corrected chi connectivity index (χ0v) is 16.0. The molecule has 0 atom stereocenters. The second-order valence-electron chi connectivity index (χ2n) is 6.16. The minimum absolute atomic E-state index is 0.0300. The van der Waals surface area contributed by atoms with Gasteiger partial charge in [-0.15, -0.1) is 11.3 Å². The van der Waals surface area contributed by atoms with Gasteiger partial charge in [0.05, 0.1) is 4.34 Å². The van der Waals surface area contributed by atoms with E-state index in [-0.39, 0.29) is 24.0 Å². The van der Waals surface area contributed by atoms with Gasteiger partial charge in [-0.05, 0) is 12.1 Å².